The zero-order valence-electron chi connectivity index (χ0n) is 17.4. The molecule has 8 nitrogen and oxygen atoms in total. The van der Waals surface area contributed by atoms with Crippen molar-refractivity contribution < 1.29 is 18.6 Å². The first kappa shape index (κ1) is 21.2. The van der Waals surface area contributed by atoms with Crippen molar-refractivity contribution in [1.29, 1.82) is 0 Å². The third kappa shape index (κ3) is 3.87. The first-order chi connectivity index (χ1) is 14.9. The Balaban J connectivity index is 1.70. The van der Waals surface area contributed by atoms with Crippen molar-refractivity contribution >= 4 is 39.8 Å². The predicted molar refractivity (Wildman–Crippen MR) is 116 cm³/mol. The highest BCUT2D eigenvalue weighted by molar-refractivity contribution is 6.28. The predicted octanol–water partition coefficient (Wildman–Crippen LogP) is 4.17. The van der Waals surface area contributed by atoms with Gasteiger partial charge in [-0.15, -0.1) is 0 Å². The highest BCUT2D eigenvalue weighted by Gasteiger charge is 2.39. The molecule has 0 spiro atoms. The van der Waals surface area contributed by atoms with E-state index in [1.165, 1.54) is 6.07 Å². The van der Waals surface area contributed by atoms with E-state index in [4.69, 9.17) is 25.8 Å². The first-order valence-electron chi connectivity index (χ1n) is 9.38. The summed E-state index contributed by atoms with van der Waals surface area (Å²) in [5.74, 6) is 0.828. The van der Waals surface area contributed by atoms with Crippen molar-refractivity contribution in [2.45, 2.75) is 18.6 Å². The van der Waals surface area contributed by atoms with Gasteiger partial charge in [0.2, 0.25) is 5.28 Å². The molecule has 0 radical (unpaired) electrons. The van der Waals surface area contributed by atoms with Gasteiger partial charge >= 0.3 is 0 Å². The van der Waals surface area contributed by atoms with E-state index in [0.29, 0.717) is 17.1 Å². The molecule has 2 heterocycles. The number of nitrogens with zero attached hydrogens (tertiary/aromatic N) is 4. The van der Waals surface area contributed by atoms with Gasteiger partial charge in [0.15, 0.2) is 0 Å². The van der Waals surface area contributed by atoms with E-state index >= 15 is 0 Å². The van der Waals surface area contributed by atoms with E-state index in [1.807, 2.05) is 19.1 Å². The SMILES string of the molecule is COC1=CC(n2cnc(Nc3nc(Cl)nc4cccc(F)c34)c2)=CC(C)(OC)C1OC. The maximum absolute atomic E-state index is 14.4. The minimum Gasteiger partial charge on any atom is -0.498 e. The molecule has 1 aliphatic carbocycles. The van der Waals surface area contributed by atoms with E-state index in [9.17, 15) is 4.39 Å². The van der Waals surface area contributed by atoms with Crippen LogP contribution in [0.5, 0.6) is 0 Å². The topological polar surface area (TPSA) is 83.3 Å². The van der Waals surface area contributed by atoms with Crippen LogP contribution in [0.15, 0.2) is 48.6 Å². The number of rotatable bonds is 6. The van der Waals surface area contributed by atoms with E-state index in [1.54, 1.807) is 50.6 Å². The Morgan fingerprint density at radius 3 is 2.74 bits per heavy atom. The van der Waals surface area contributed by atoms with Crippen molar-refractivity contribution in [3.05, 3.63) is 59.7 Å². The van der Waals surface area contributed by atoms with Crippen LogP contribution in [-0.4, -0.2) is 52.6 Å². The lowest BCUT2D eigenvalue weighted by Gasteiger charge is -2.37. The molecule has 2 unspecified atom stereocenters. The Kier molecular flexibility index (Phi) is 5.65. The van der Waals surface area contributed by atoms with Crippen LogP contribution >= 0.6 is 11.6 Å². The van der Waals surface area contributed by atoms with Crippen LogP contribution in [0, 0.1) is 5.82 Å². The Morgan fingerprint density at radius 2 is 2.03 bits per heavy atom. The second-order valence-corrected chi connectivity index (χ2v) is 7.43. The number of nitrogens with one attached hydrogen (secondary N) is 1. The number of hydrogen-bond donors (Lipinski definition) is 1. The molecule has 4 rings (SSSR count). The van der Waals surface area contributed by atoms with Gasteiger partial charge in [-0.1, -0.05) is 6.07 Å². The van der Waals surface area contributed by atoms with Crippen LogP contribution in [-0.2, 0) is 14.2 Å². The molecule has 3 aromatic rings. The molecular formula is C21H21ClFN5O3. The van der Waals surface area contributed by atoms with Gasteiger partial charge in [0.05, 0.1) is 24.2 Å². The summed E-state index contributed by atoms with van der Waals surface area (Å²) in [6.07, 6.45) is 6.72. The van der Waals surface area contributed by atoms with Crippen molar-refractivity contribution in [3.63, 3.8) is 0 Å². The maximum Gasteiger partial charge on any atom is 0.224 e. The standard InChI is InChI=1S/C21H21ClFN5O3/c1-21(31-4)9-12(8-15(29-2)18(21)30-3)28-10-16(24-11-28)26-19-17-13(23)6-5-7-14(17)25-20(22)27-19/h5-11,18H,1-4H3,(H,25,26,27). The average Bonchev–Trinajstić information content (AvgIpc) is 3.21. The lowest BCUT2D eigenvalue weighted by molar-refractivity contribution is -0.0778. The second-order valence-electron chi connectivity index (χ2n) is 7.09. The number of hydrogen-bond acceptors (Lipinski definition) is 7. The van der Waals surface area contributed by atoms with Gasteiger partial charge in [-0.3, -0.25) is 0 Å². The Hall–Kier alpha value is -3.01. The Bertz CT molecular complexity index is 1190. The zero-order chi connectivity index (χ0) is 22.2. The molecule has 0 saturated carbocycles. The van der Waals surface area contributed by atoms with Crippen molar-refractivity contribution in [1.82, 2.24) is 19.5 Å². The molecular weight excluding hydrogens is 425 g/mol. The first-order valence-corrected chi connectivity index (χ1v) is 9.76. The van der Waals surface area contributed by atoms with Crippen molar-refractivity contribution in [2.24, 2.45) is 0 Å². The molecule has 1 N–H and O–H groups in total. The minimum absolute atomic E-state index is 0.00385. The summed E-state index contributed by atoms with van der Waals surface area (Å²) in [5, 5.41) is 3.26. The van der Waals surface area contributed by atoms with Gasteiger partial charge in [0.1, 0.15) is 41.2 Å². The van der Waals surface area contributed by atoms with E-state index in [-0.39, 0.29) is 16.5 Å². The van der Waals surface area contributed by atoms with E-state index in [2.05, 4.69) is 20.3 Å². The average molecular weight is 446 g/mol. The van der Waals surface area contributed by atoms with Crippen LogP contribution in [0.25, 0.3) is 16.6 Å². The summed E-state index contributed by atoms with van der Waals surface area (Å²) in [4.78, 5) is 12.6. The molecule has 0 bridgehead atoms. The minimum atomic E-state index is -0.748. The largest absolute Gasteiger partial charge is 0.498 e. The third-order valence-electron chi connectivity index (χ3n) is 5.19. The van der Waals surface area contributed by atoms with E-state index < -0.39 is 17.5 Å². The van der Waals surface area contributed by atoms with Gasteiger partial charge in [-0.2, -0.15) is 4.98 Å². The summed E-state index contributed by atoms with van der Waals surface area (Å²) in [6, 6.07) is 4.57. The summed E-state index contributed by atoms with van der Waals surface area (Å²) in [5.41, 5.74) is 0.416. The van der Waals surface area contributed by atoms with Crippen molar-refractivity contribution in [2.75, 3.05) is 26.6 Å². The number of allylic oxidation sites excluding steroid dienone is 2. The summed E-state index contributed by atoms with van der Waals surface area (Å²) in [6.45, 7) is 1.90. The number of ether oxygens (including phenoxy) is 3. The highest BCUT2D eigenvalue weighted by atomic mass is 35.5. The fourth-order valence-corrected chi connectivity index (χ4v) is 3.77. The molecule has 2 atom stereocenters. The van der Waals surface area contributed by atoms with Gasteiger partial charge < -0.3 is 24.1 Å². The summed E-state index contributed by atoms with van der Waals surface area (Å²) < 4.78 is 33.0. The molecule has 0 aliphatic heterocycles. The lowest BCUT2D eigenvalue weighted by atomic mass is 9.91. The number of anilines is 2. The van der Waals surface area contributed by atoms with Crippen LogP contribution in [0.2, 0.25) is 5.28 Å². The maximum atomic E-state index is 14.4. The molecule has 0 amide bonds. The van der Waals surface area contributed by atoms with E-state index in [0.717, 1.165) is 5.70 Å². The highest BCUT2D eigenvalue weighted by Crippen LogP contribution is 2.34. The van der Waals surface area contributed by atoms with Gasteiger partial charge in [0, 0.05) is 26.0 Å². The number of imidazole rings is 1. The number of benzene rings is 1. The normalized spacial score (nSPS) is 21.0. The van der Waals surface area contributed by atoms with Crippen molar-refractivity contribution in [3.8, 4) is 0 Å². The fraction of sp³-hybridized carbons (Fsp3) is 0.286. The molecule has 2 aromatic heterocycles. The smallest absolute Gasteiger partial charge is 0.224 e. The molecule has 1 aliphatic rings. The van der Waals surface area contributed by atoms with Crippen LogP contribution in [0.1, 0.15) is 6.92 Å². The fourth-order valence-electron chi connectivity index (χ4n) is 3.60. The molecule has 10 heteroatoms. The molecule has 31 heavy (non-hydrogen) atoms. The number of aromatic nitrogens is 4. The second kappa shape index (κ2) is 8.26. The third-order valence-corrected chi connectivity index (χ3v) is 5.36. The molecule has 0 saturated heterocycles. The Labute approximate surface area is 183 Å². The van der Waals surface area contributed by atoms with Crippen LogP contribution in [0.4, 0.5) is 16.0 Å². The summed E-state index contributed by atoms with van der Waals surface area (Å²) >= 11 is 6.01. The quantitative estimate of drug-likeness (QED) is 0.570. The van der Waals surface area contributed by atoms with Crippen LogP contribution < -0.4 is 5.32 Å². The molecule has 0 fully saturated rings. The van der Waals surface area contributed by atoms with Crippen LogP contribution in [0.3, 0.4) is 0 Å². The monoisotopic (exact) mass is 445 g/mol. The zero-order valence-corrected chi connectivity index (χ0v) is 18.1. The van der Waals surface area contributed by atoms with Gasteiger partial charge in [-0.25, -0.2) is 14.4 Å². The molecule has 162 valence electrons. The molecule has 1 aromatic carbocycles. The number of methoxy groups -OCH3 is 3. The number of halogens is 2. The van der Waals surface area contributed by atoms with Gasteiger partial charge in [0.25, 0.3) is 0 Å². The Morgan fingerprint density at radius 1 is 1.23 bits per heavy atom. The lowest BCUT2D eigenvalue weighted by Crippen LogP contribution is -2.44. The van der Waals surface area contributed by atoms with Gasteiger partial charge in [-0.05, 0) is 36.7 Å². The number of fused-ring (bicyclic) bond motifs is 1. The summed E-state index contributed by atoms with van der Waals surface area (Å²) in [7, 11) is 4.79.